The Morgan fingerprint density at radius 1 is 1.03 bits per heavy atom. The molecule has 1 aromatic rings. The summed E-state index contributed by atoms with van der Waals surface area (Å²) in [5.74, 6) is -0.826. The predicted octanol–water partition coefficient (Wildman–Crippen LogP) is 1.58. The SMILES string of the molecule is CC(Oc1cccc(Cl)c1Cl)C(=O)N1CCN(C(=O)CN2C(=O)CCC2=O)CC1. The Balaban J connectivity index is 1.51. The highest BCUT2D eigenvalue weighted by molar-refractivity contribution is 6.42. The summed E-state index contributed by atoms with van der Waals surface area (Å²) < 4.78 is 5.66. The third-order valence-electron chi connectivity index (χ3n) is 4.96. The molecule has 2 aliphatic heterocycles. The van der Waals surface area contributed by atoms with Crippen LogP contribution >= 0.6 is 23.2 Å². The van der Waals surface area contributed by atoms with E-state index in [1.54, 1.807) is 34.9 Å². The van der Waals surface area contributed by atoms with E-state index in [0.29, 0.717) is 37.0 Å². The van der Waals surface area contributed by atoms with Crippen LogP contribution in [-0.4, -0.2) is 77.2 Å². The number of nitrogens with zero attached hydrogens (tertiary/aromatic N) is 3. The maximum absolute atomic E-state index is 12.7. The lowest BCUT2D eigenvalue weighted by Gasteiger charge is -2.36. The van der Waals surface area contributed by atoms with Gasteiger partial charge in [0.25, 0.3) is 5.91 Å². The molecule has 2 fully saturated rings. The number of rotatable bonds is 5. The van der Waals surface area contributed by atoms with Gasteiger partial charge < -0.3 is 14.5 Å². The van der Waals surface area contributed by atoms with E-state index in [1.165, 1.54) is 0 Å². The topological polar surface area (TPSA) is 87.2 Å². The molecule has 2 saturated heterocycles. The largest absolute Gasteiger partial charge is 0.479 e. The second kappa shape index (κ2) is 9.00. The molecule has 0 aromatic heterocycles. The highest BCUT2D eigenvalue weighted by Gasteiger charge is 2.33. The minimum absolute atomic E-state index is 0.156. The first-order valence-electron chi connectivity index (χ1n) is 9.28. The lowest BCUT2D eigenvalue weighted by Crippen LogP contribution is -2.55. The van der Waals surface area contributed by atoms with E-state index in [2.05, 4.69) is 0 Å². The molecule has 10 heteroatoms. The van der Waals surface area contributed by atoms with Crippen LogP contribution in [0.3, 0.4) is 0 Å². The number of hydrogen-bond acceptors (Lipinski definition) is 5. The highest BCUT2D eigenvalue weighted by Crippen LogP contribution is 2.32. The third-order valence-corrected chi connectivity index (χ3v) is 5.76. The average molecular weight is 442 g/mol. The minimum Gasteiger partial charge on any atom is -0.479 e. The van der Waals surface area contributed by atoms with E-state index in [9.17, 15) is 19.2 Å². The molecule has 8 nitrogen and oxygen atoms in total. The summed E-state index contributed by atoms with van der Waals surface area (Å²) in [6.07, 6.45) is -0.459. The Kier molecular flexibility index (Phi) is 6.64. The van der Waals surface area contributed by atoms with Gasteiger partial charge in [0.1, 0.15) is 17.3 Å². The van der Waals surface area contributed by atoms with Gasteiger partial charge in [-0.1, -0.05) is 29.3 Å². The number of ether oxygens (including phenoxy) is 1. The lowest BCUT2D eigenvalue weighted by atomic mass is 10.2. The fourth-order valence-electron chi connectivity index (χ4n) is 3.28. The number of likely N-dealkylation sites (tertiary alicyclic amines) is 1. The quantitative estimate of drug-likeness (QED) is 0.647. The Bertz CT molecular complexity index is 823. The second-order valence-electron chi connectivity index (χ2n) is 6.89. The normalized spacial score (nSPS) is 18.2. The van der Waals surface area contributed by atoms with Crippen molar-refractivity contribution in [1.29, 1.82) is 0 Å². The summed E-state index contributed by atoms with van der Waals surface area (Å²) in [5.41, 5.74) is 0. The zero-order valence-electron chi connectivity index (χ0n) is 15.9. The zero-order valence-corrected chi connectivity index (χ0v) is 17.4. The number of halogens is 2. The molecule has 1 unspecified atom stereocenters. The van der Waals surface area contributed by atoms with Crippen molar-refractivity contribution >= 4 is 46.8 Å². The summed E-state index contributed by atoms with van der Waals surface area (Å²) in [6.45, 7) is 2.71. The van der Waals surface area contributed by atoms with Gasteiger partial charge in [0.15, 0.2) is 6.10 Å². The number of hydrogen-bond donors (Lipinski definition) is 0. The van der Waals surface area contributed by atoms with Crippen molar-refractivity contribution < 1.29 is 23.9 Å². The Morgan fingerprint density at radius 2 is 1.62 bits per heavy atom. The van der Waals surface area contributed by atoms with Crippen LogP contribution in [0.25, 0.3) is 0 Å². The van der Waals surface area contributed by atoms with E-state index in [1.807, 2.05) is 0 Å². The fraction of sp³-hybridized carbons (Fsp3) is 0.474. The van der Waals surface area contributed by atoms with Gasteiger partial charge in [0, 0.05) is 39.0 Å². The van der Waals surface area contributed by atoms with Crippen molar-refractivity contribution in [3.8, 4) is 5.75 Å². The van der Waals surface area contributed by atoms with Crippen molar-refractivity contribution in [3.05, 3.63) is 28.2 Å². The molecule has 156 valence electrons. The summed E-state index contributed by atoms with van der Waals surface area (Å²) in [6, 6.07) is 4.94. The van der Waals surface area contributed by atoms with Crippen molar-refractivity contribution in [1.82, 2.24) is 14.7 Å². The highest BCUT2D eigenvalue weighted by atomic mass is 35.5. The molecule has 2 aliphatic rings. The van der Waals surface area contributed by atoms with E-state index in [4.69, 9.17) is 27.9 Å². The summed E-state index contributed by atoms with van der Waals surface area (Å²) in [5, 5.41) is 0.584. The van der Waals surface area contributed by atoms with E-state index in [-0.39, 0.29) is 48.0 Å². The first-order chi connectivity index (χ1) is 13.8. The fourth-order valence-corrected chi connectivity index (χ4v) is 3.62. The number of carbonyl (C=O) groups excluding carboxylic acids is 4. The van der Waals surface area contributed by atoms with Gasteiger partial charge >= 0.3 is 0 Å². The first kappa shape index (κ1) is 21.4. The van der Waals surface area contributed by atoms with Crippen molar-refractivity contribution in [2.45, 2.75) is 25.9 Å². The average Bonchev–Trinajstić information content (AvgIpc) is 3.03. The minimum atomic E-state index is -0.770. The standard InChI is InChI=1S/C19H21Cl2N3O5/c1-12(29-14-4-2-3-13(20)18(14)21)19(28)23-9-7-22(8-10-23)17(27)11-24-15(25)5-6-16(24)26/h2-4,12H,5-11H2,1H3. The van der Waals surface area contributed by atoms with Gasteiger partial charge in [0.05, 0.1) is 5.02 Å². The molecule has 0 radical (unpaired) electrons. The molecule has 1 atom stereocenters. The molecule has 29 heavy (non-hydrogen) atoms. The summed E-state index contributed by atoms with van der Waals surface area (Å²) >= 11 is 12.1. The third kappa shape index (κ3) is 4.82. The van der Waals surface area contributed by atoms with Gasteiger partial charge in [-0.05, 0) is 19.1 Å². The van der Waals surface area contributed by atoms with Gasteiger partial charge in [-0.2, -0.15) is 0 Å². The summed E-state index contributed by atoms with van der Waals surface area (Å²) in [7, 11) is 0. The molecule has 0 saturated carbocycles. The molecule has 0 spiro atoms. The molecule has 0 N–H and O–H groups in total. The van der Waals surface area contributed by atoms with Gasteiger partial charge in [0.2, 0.25) is 17.7 Å². The van der Waals surface area contributed by atoms with E-state index < -0.39 is 6.10 Å². The molecule has 1 aromatic carbocycles. The number of piperazine rings is 1. The Labute approximate surface area is 178 Å². The number of amides is 4. The molecule has 2 heterocycles. The Morgan fingerprint density at radius 3 is 2.24 bits per heavy atom. The molecule has 0 bridgehead atoms. The van der Waals surface area contributed by atoms with Gasteiger partial charge in [-0.25, -0.2) is 0 Å². The Hall–Kier alpha value is -2.32. The monoisotopic (exact) mass is 441 g/mol. The summed E-state index contributed by atoms with van der Waals surface area (Å²) in [4.78, 5) is 52.6. The lowest BCUT2D eigenvalue weighted by molar-refractivity contribution is -0.148. The van der Waals surface area contributed by atoms with E-state index in [0.717, 1.165) is 4.90 Å². The molecule has 3 rings (SSSR count). The van der Waals surface area contributed by atoms with Crippen LogP contribution in [0, 0.1) is 0 Å². The van der Waals surface area contributed by atoms with Crippen molar-refractivity contribution in [3.63, 3.8) is 0 Å². The van der Waals surface area contributed by atoms with Crippen molar-refractivity contribution in [2.24, 2.45) is 0 Å². The van der Waals surface area contributed by atoms with Gasteiger partial charge in [-0.15, -0.1) is 0 Å². The maximum atomic E-state index is 12.7. The zero-order chi connectivity index (χ0) is 21.1. The molecule has 0 aliphatic carbocycles. The number of benzene rings is 1. The smallest absolute Gasteiger partial charge is 0.263 e. The molecular weight excluding hydrogens is 421 g/mol. The van der Waals surface area contributed by atoms with Crippen LogP contribution in [-0.2, 0) is 19.2 Å². The second-order valence-corrected chi connectivity index (χ2v) is 7.68. The van der Waals surface area contributed by atoms with Crippen molar-refractivity contribution in [2.75, 3.05) is 32.7 Å². The van der Waals surface area contributed by atoms with Crippen LogP contribution < -0.4 is 4.74 Å². The van der Waals surface area contributed by atoms with Crippen LogP contribution in [0.2, 0.25) is 10.0 Å². The molecular formula is C19H21Cl2N3O5. The van der Waals surface area contributed by atoms with Crippen LogP contribution in [0.5, 0.6) is 5.75 Å². The maximum Gasteiger partial charge on any atom is 0.263 e. The number of carbonyl (C=O) groups is 4. The van der Waals surface area contributed by atoms with Crippen LogP contribution in [0.4, 0.5) is 0 Å². The van der Waals surface area contributed by atoms with Crippen LogP contribution in [0.15, 0.2) is 18.2 Å². The predicted molar refractivity (Wildman–Crippen MR) is 106 cm³/mol. The number of imide groups is 1. The first-order valence-corrected chi connectivity index (χ1v) is 10.0. The van der Waals surface area contributed by atoms with E-state index >= 15 is 0 Å². The van der Waals surface area contributed by atoms with Gasteiger partial charge in [-0.3, -0.25) is 24.1 Å². The molecule has 4 amide bonds. The van der Waals surface area contributed by atoms with Crippen LogP contribution in [0.1, 0.15) is 19.8 Å².